The van der Waals surface area contributed by atoms with Crippen molar-refractivity contribution in [1.82, 2.24) is 19.2 Å². The third kappa shape index (κ3) is 4.19. The number of fused-ring (bicyclic) bond motifs is 1. The van der Waals surface area contributed by atoms with Gasteiger partial charge in [-0.1, -0.05) is 29.8 Å². The number of rotatable bonds is 6. The van der Waals surface area contributed by atoms with Gasteiger partial charge in [0.2, 0.25) is 11.6 Å². The van der Waals surface area contributed by atoms with Gasteiger partial charge in [0.05, 0.1) is 18.4 Å². The van der Waals surface area contributed by atoms with Crippen molar-refractivity contribution in [1.29, 1.82) is 0 Å². The largest absolute Gasteiger partial charge is 0.465 e. The van der Waals surface area contributed by atoms with E-state index in [4.69, 9.17) is 9.47 Å². The first-order valence-electron chi connectivity index (χ1n) is 9.62. The summed E-state index contributed by atoms with van der Waals surface area (Å²) in [4.78, 5) is 41.3. The van der Waals surface area contributed by atoms with Gasteiger partial charge in [-0.3, -0.25) is 4.79 Å². The first-order valence-corrected chi connectivity index (χ1v) is 9.62. The van der Waals surface area contributed by atoms with Crippen LogP contribution in [0.5, 0.6) is 11.6 Å². The summed E-state index contributed by atoms with van der Waals surface area (Å²) in [7, 11) is 1.25. The standard InChI is InChI=1S/C22H19N5O5/c1-14-7-9-15(10-8-14)32-20-19-25-27(22(30)26(19)12-11-23-20)13-18(28)24-17-6-4-3-5-16(17)21(29)31-2/h3-12H,13H2,1-2H3,(H,24,28). The highest BCUT2D eigenvalue weighted by molar-refractivity contribution is 6.01. The van der Waals surface area contributed by atoms with E-state index in [-0.39, 0.29) is 29.3 Å². The third-order valence-corrected chi connectivity index (χ3v) is 4.60. The molecule has 0 bridgehead atoms. The fourth-order valence-electron chi connectivity index (χ4n) is 3.02. The number of aryl methyl sites for hydroxylation is 1. The molecule has 162 valence electrons. The lowest BCUT2D eigenvalue weighted by Gasteiger charge is -2.09. The van der Waals surface area contributed by atoms with E-state index < -0.39 is 17.6 Å². The monoisotopic (exact) mass is 433 g/mol. The van der Waals surface area contributed by atoms with Crippen molar-refractivity contribution in [3.05, 3.63) is 82.5 Å². The second-order valence-corrected chi connectivity index (χ2v) is 6.87. The Morgan fingerprint density at radius 3 is 2.59 bits per heavy atom. The van der Waals surface area contributed by atoms with Crippen LogP contribution in [0, 0.1) is 6.92 Å². The number of anilines is 1. The van der Waals surface area contributed by atoms with Crippen LogP contribution >= 0.6 is 0 Å². The number of methoxy groups -OCH3 is 1. The molecule has 2 aromatic carbocycles. The molecule has 0 radical (unpaired) electrons. The summed E-state index contributed by atoms with van der Waals surface area (Å²) in [6.07, 6.45) is 2.85. The van der Waals surface area contributed by atoms with Gasteiger partial charge in [0, 0.05) is 12.4 Å². The highest BCUT2D eigenvalue weighted by Gasteiger charge is 2.17. The van der Waals surface area contributed by atoms with Gasteiger partial charge >= 0.3 is 11.7 Å². The van der Waals surface area contributed by atoms with Gasteiger partial charge in [0.15, 0.2) is 0 Å². The Balaban J connectivity index is 1.58. The van der Waals surface area contributed by atoms with Crippen LogP contribution in [0.2, 0.25) is 0 Å². The van der Waals surface area contributed by atoms with Crippen LogP contribution in [0.3, 0.4) is 0 Å². The number of ether oxygens (including phenoxy) is 2. The van der Waals surface area contributed by atoms with Crippen molar-refractivity contribution < 1.29 is 19.1 Å². The number of carbonyl (C=O) groups excluding carboxylic acids is 2. The van der Waals surface area contributed by atoms with Gasteiger partial charge in [-0.05, 0) is 31.2 Å². The van der Waals surface area contributed by atoms with E-state index in [0.717, 1.165) is 10.2 Å². The lowest BCUT2D eigenvalue weighted by molar-refractivity contribution is -0.117. The number of hydrogen-bond acceptors (Lipinski definition) is 7. The number of benzene rings is 2. The highest BCUT2D eigenvalue weighted by atomic mass is 16.5. The lowest BCUT2D eigenvalue weighted by atomic mass is 10.2. The molecule has 4 rings (SSSR count). The summed E-state index contributed by atoms with van der Waals surface area (Å²) < 4.78 is 12.7. The first kappa shape index (κ1) is 20.8. The molecule has 2 heterocycles. The molecule has 0 saturated heterocycles. The maximum absolute atomic E-state index is 12.7. The predicted molar refractivity (Wildman–Crippen MR) is 115 cm³/mol. The minimum absolute atomic E-state index is 0.128. The predicted octanol–water partition coefficient (Wildman–Crippen LogP) is 2.42. The molecular formula is C22H19N5O5. The minimum atomic E-state index is -0.588. The Labute approximate surface area is 182 Å². The quantitative estimate of drug-likeness (QED) is 0.464. The molecule has 0 unspecified atom stereocenters. The Morgan fingerprint density at radius 1 is 1.09 bits per heavy atom. The zero-order chi connectivity index (χ0) is 22.7. The normalized spacial score (nSPS) is 10.7. The van der Waals surface area contributed by atoms with E-state index in [1.54, 1.807) is 30.3 Å². The molecule has 0 spiro atoms. The number of aromatic nitrogens is 4. The van der Waals surface area contributed by atoms with Gasteiger partial charge in [-0.25, -0.2) is 23.7 Å². The third-order valence-electron chi connectivity index (χ3n) is 4.60. The number of nitrogens with one attached hydrogen (secondary N) is 1. The summed E-state index contributed by atoms with van der Waals surface area (Å²) in [5, 5.41) is 6.82. The molecule has 2 aromatic heterocycles. The average Bonchev–Trinajstić information content (AvgIpc) is 3.11. The van der Waals surface area contributed by atoms with Gasteiger partial charge in [-0.2, -0.15) is 0 Å². The summed E-state index contributed by atoms with van der Waals surface area (Å²) in [6, 6.07) is 13.7. The number of para-hydroxylation sites is 1. The zero-order valence-corrected chi connectivity index (χ0v) is 17.3. The number of amides is 1. The number of carbonyl (C=O) groups is 2. The van der Waals surface area contributed by atoms with Gasteiger partial charge in [-0.15, -0.1) is 5.10 Å². The molecule has 1 amide bonds. The van der Waals surface area contributed by atoms with Gasteiger partial charge in [0.25, 0.3) is 5.88 Å². The van der Waals surface area contributed by atoms with Crippen LogP contribution in [0.1, 0.15) is 15.9 Å². The Morgan fingerprint density at radius 2 is 1.84 bits per heavy atom. The van der Waals surface area contributed by atoms with Crippen LogP contribution in [-0.4, -0.2) is 38.2 Å². The smallest absolute Gasteiger partial charge is 0.351 e. The molecular weight excluding hydrogens is 414 g/mol. The van der Waals surface area contributed by atoms with Crippen LogP contribution in [0.15, 0.2) is 65.7 Å². The summed E-state index contributed by atoms with van der Waals surface area (Å²) in [5.41, 5.74) is 1.17. The second kappa shape index (κ2) is 8.72. The first-order chi connectivity index (χ1) is 15.5. The average molecular weight is 433 g/mol. The van der Waals surface area contributed by atoms with Crippen LogP contribution in [0.25, 0.3) is 5.65 Å². The molecule has 10 nitrogen and oxygen atoms in total. The molecule has 0 aliphatic rings. The summed E-state index contributed by atoms with van der Waals surface area (Å²) >= 11 is 0. The number of hydrogen-bond donors (Lipinski definition) is 1. The molecule has 0 fully saturated rings. The Kier molecular flexibility index (Phi) is 5.67. The van der Waals surface area contributed by atoms with Crippen molar-refractivity contribution in [3.63, 3.8) is 0 Å². The molecule has 32 heavy (non-hydrogen) atoms. The minimum Gasteiger partial charge on any atom is -0.465 e. The van der Waals surface area contributed by atoms with Crippen molar-refractivity contribution in [3.8, 4) is 11.6 Å². The molecule has 0 atom stereocenters. The highest BCUT2D eigenvalue weighted by Crippen LogP contribution is 2.22. The van der Waals surface area contributed by atoms with Gasteiger partial charge in [0.1, 0.15) is 12.3 Å². The number of esters is 1. The van der Waals surface area contributed by atoms with E-state index in [1.165, 1.54) is 30.0 Å². The van der Waals surface area contributed by atoms with Crippen molar-refractivity contribution >= 4 is 23.2 Å². The van der Waals surface area contributed by atoms with E-state index in [9.17, 15) is 14.4 Å². The lowest BCUT2D eigenvalue weighted by Crippen LogP contribution is -2.28. The molecule has 4 aromatic rings. The molecule has 1 N–H and O–H groups in total. The molecule has 0 saturated carbocycles. The van der Waals surface area contributed by atoms with Crippen LogP contribution in [-0.2, 0) is 16.1 Å². The number of nitrogens with zero attached hydrogens (tertiary/aromatic N) is 4. The summed E-state index contributed by atoms with van der Waals surface area (Å²) in [5.74, 6) is -0.463. The van der Waals surface area contributed by atoms with E-state index in [0.29, 0.717) is 5.75 Å². The van der Waals surface area contributed by atoms with Crippen molar-refractivity contribution in [2.24, 2.45) is 0 Å². The summed E-state index contributed by atoms with van der Waals surface area (Å²) in [6.45, 7) is 1.58. The Bertz CT molecular complexity index is 1360. The van der Waals surface area contributed by atoms with Crippen LogP contribution < -0.4 is 15.7 Å². The molecule has 0 aliphatic heterocycles. The molecule has 0 aliphatic carbocycles. The fourth-order valence-corrected chi connectivity index (χ4v) is 3.02. The topological polar surface area (TPSA) is 117 Å². The van der Waals surface area contributed by atoms with E-state index >= 15 is 0 Å². The maximum Gasteiger partial charge on any atom is 0.351 e. The fraction of sp³-hybridized carbons (Fsp3) is 0.136. The van der Waals surface area contributed by atoms with Gasteiger partial charge < -0.3 is 14.8 Å². The van der Waals surface area contributed by atoms with E-state index in [1.807, 2.05) is 19.1 Å². The maximum atomic E-state index is 12.7. The van der Waals surface area contributed by atoms with Crippen molar-refractivity contribution in [2.75, 3.05) is 12.4 Å². The van der Waals surface area contributed by atoms with Crippen LogP contribution in [0.4, 0.5) is 5.69 Å². The SMILES string of the molecule is COC(=O)c1ccccc1NC(=O)Cn1nc2c(Oc3ccc(C)cc3)nccn2c1=O. The Hall–Kier alpha value is -4.47. The van der Waals surface area contributed by atoms with Crippen molar-refractivity contribution in [2.45, 2.75) is 13.5 Å². The molecule has 10 heteroatoms. The van der Waals surface area contributed by atoms with E-state index in [2.05, 4.69) is 15.4 Å². The zero-order valence-electron chi connectivity index (χ0n) is 17.3. The second-order valence-electron chi connectivity index (χ2n) is 6.87.